The van der Waals surface area contributed by atoms with Gasteiger partial charge in [0.05, 0.1) is 23.5 Å². The summed E-state index contributed by atoms with van der Waals surface area (Å²) < 4.78 is 7.41. The minimum absolute atomic E-state index is 0.0145. The maximum Gasteiger partial charge on any atom is 0.257 e. The standard InChI is InChI=1S/C18H26N4O3/c1-12-8-15(13(2)25-12)18(24)21-6-5-7-22-14(10-21)9-16(19-22)17(23)11-20(3)4/h8-9,17,23H,5-7,10-11H2,1-4H3/t17-/m1/s1. The summed E-state index contributed by atoms with van der Waals surface area (Å²) >= 11 is 0. The van der Waals surface area contributed by atoms with E-state index in [0.717, 1.165) is 24.4 Å². The van der Waals surface area contributed by atoms with Crippen LogP contribution in [-0.2, 0) is 13.1 Å². The highest BCUT2D eigenvalue weighted by atomic mass is 16.3. The normalized spacial score (nSPS) is 16.0. The lowest BCUT2D eigenvalue weighted by Gasteiger charge is -2.19. The minimum Gasteiger partial charge on any atom is -0.466 e. The highest BCUT2D eigenvalue weighted by molar-refractivity contribution is 5.95. The average molecular weight is 346 g/mol. The second-order valence-electron chi connectivity index (χ2n) is 6.97. The second-order valence-corrected chi connectivity index (χ2v) is 6.97. The Balaban J connectivity index is 1.80. The summed E-state index contributed by atoms with van der Waals surface area (Å²) in [5, 5.41) is 14.8. The molecule has 3 heterocycles. The van der Waals surface area contributed by atoms with Crippen molar-refractivity contribution >= 4 is 5.91 Å². The molecule has 0 saturated heterocycles. The number of aliphatic hydroxyl groups excluding tert-OH is 1. The Labute approximate surface area is 147 Å². The molecular formula is C18H26N4O3. The Bertz CT molecular complexity index is 762. The van der Waals surface area contributed by atoms with Gasteiger partial charge in [-0.15, -0.1) is 0 Å². The summed E-state index contributed by atoms with van der Waals surface area (Å²) in [6, 6.07) is 3.71. The summed E-state index contributed by atoms with van der Waals surface area (Å²) in [5.41, 5.74) is 2.24. The molecule has 7 nitrogen and oxygen atoms in total. The van der Waals surface area contributed by atoms with Crippen LogP contribution in [0.1, 0.15) is 45.8 Å². The Hall–Kier alpha value is -2.12. The molecule has 1 aliphatic heterocycles. The molecule has 0 aromatic carbocycles. The number of hydrogen-bond acceptors (Lipinski definition) is 5. The van der Waals surface area contributed by atoms with Crippen LogP contribution in [-0.4, -0.2) is 57.8 Å². The molecule has 0 bridgehead atoms. The van der Waals surface area contributed by atoms with Crippen LogP contribution >= 0.6 is 0 Å². The number of furan rings is 1. The highest BCUT2D eigenvalue weighted by Gasteiger charge is 2.25. The lowest BCUT2D eigenvalue weighted by Crippen LogP contribution is -2.30. The monoisotopic (exact) mass is 346 g/mol. The molecule has 1 aliphatic rings. The van der Waals surface area contributed by atoms with Crippen molar-refractivity contribution in [1.29, 1.82) is 0 Å². The minimum atomic E-state index is -0.627. The predicted octanol–water partition coefficient (Wildman–Crippen LogP) is 1.73. The summed E-state index contributed by atoms with van der Waals surface area (Å²) in [7, 11) is 3.83. The van der Waals surface area contributed by atoms with Gasteiger partial charge in [0.1, 0.15) is 17.6 Å². The molecule has 3 rings (SSSR count). The van der Waals surface area contributed by atoms with Crippen LogP contribution < -0.4 is 0 Å². The van der Waals surface area contributed by atoms with Gasteiger partial charge in [-0.3, -0.25) is 9.48 Å². The number of rotatable bonds is 4. The van der Waals surface area contributed by atoms with Crippen LogP contribution in [0, 0.1) is 13.8 Å². The molecule has 0 saturated carbocycles. The van der Waals surface area contributed by atoms with Crippen LogP contribution in [0.2, 0.25) is 0 Å². The lowest BCUT2D eigenvalue weighted by atomic mass is 10.2. The maximum absolute atomic E-state index is 12.9. The zero-order valence-corrected chi connectivity index (χ0v) is 15.3. The van der Waals surface area contributed by atoms with E-state index in [1.807, 2.05) is 48.5 Å². The number of nitrogens with zero attached hydrogens (tertiary/aromatic N) is 4. The van der Waals surface area contributed by atoms with E-state index in [9.17, 15) is 9.90 Å². The third-order valence-electron chi connectivity index (χ3n) is 4.47. The molecule has 1 atom stereocenters. The Morgan fingerprint density at radius 1 is 1.36 bits per heavy atom. The van der Waals surface area contributed by atoms with Crippen molar-refractivity contribution in [3.63, 3.8) is 0 Å². The first-order valence-electron chi connectivity index (χ1n) is 8.61. The van der Waals surface area contributed by atoms with Gasteiger partial charge in [-0.05, 0) is 46.5 Å². The van der Waals surface area contributed by atoms with Crippen LogP contribution in [0.3, 0.4) is 0 Å². The van der Waals surface area contributed by atoms with Crippen molar-refractivity contribution in [3.8, 4) is 0 Å². The molecule has 136 valence electrons. The molecular weight excluding hydrogens is 320 g/mol. The van der Waals surface area contributed by atoms with E-state index in [0.29, 0.717) is 36.7 Å². The summed E-state index contributed by atoms with van der Waals surface area (Å²) in [6.45, 7) is 6.10. The van der Waals surface area contributed by atoms with Gasteiger partial charge in [-0.2, -0.15) is 5.10 Å². The summed E-state index contributed by atoms with van der Waals surface area (Å²) in [5.74, 6) is 1.39. The van der Waals surface area contributed by atoms with Crippen molar-refractivity contribution < 1.29 is 14.3 Å². The second kappa shape index (κ2) is 7.01. The molecule has 0 spiro atoms. The number of fused-ring (bicyclic) bond motifs is 1. The number of aryl methyl sites for hydroxylation is 3. The Morgan fingerprint density at radius 3 is 2.76 bits per heavy atom. The molecule has 7 heteroatoms. The quantitative estimate of drug-likeness (QED) is 0.913. The first-order valence-corrected chi connectivity index (χ1v) is 8.61. The van der Waals surface area contributed by atoms with E-state index < -0.39 is 6.10 Å². The third-order valence-corrected chi connectivity index (χ3v) is 4.47. The SMILES string of the molecule is Cc1cc(C(=O)N2CCCn3nc([C@H](O)CN(C)C)cc3C2)c(C)o1. The first kappa shape index (κ1) is 17.7. The molecule has 1 N–H and O–H groups in total. The average Bonchev–Trinajstić information content (AvgIpc) is 3.02. The Kier molecular flexibility index (Phi) is 4.96. The van der Waals surface area contributed by atoms with Crippen molar-refractivity contribution in [2.45, 2.75) is 39.5 Å². The van der Waals surface area contributed by atoms with Crippen molar-refractivity contribution in [3.05, 3.63) is 40.6 Å². The van der Waals surface area contributed by atoms with Crippen LogP contribution in [0.5, 0.6) is 0 Å². The van der Waals surface area contributed by atoms with E-state index >= 15 is 0 Å². The molecule has 0 fully saturated rings. The third kappa shape index (κ3) is 3.77. The number of aromatic nitrogens is 2. The number of carbonyl (C=O) groups is 1. The van der Waals surface area contributed by atoms with E-state index in [-0.39, 0.29) is 5.91 Å². The highest BCUT2D eigenvalue weighted by Crippen LogP contribution is 2.22. The molecule has 0 radical (unpaired) electrons. The topological polar surface area (TPSA) is 74.7 Å². The van der Waals surface area contributed by atoms with Gasteiger partial charge >= 0.3 is 0 Å². The van der Waals surface area contributed by atoms with Gasteiger partial charge in [0, 0.05) is 19.6 Å². The van der Waals surface area contributed by atoms with E-state index in [2.05, 4.69) is 5.10 Å². The predicted molar refractivity (Wildman–Crippen MR) is 93.3 cm³/mol. The fraction of sp³-hybridized carbons (Fsp3) is 0.556. The van der Waals surface area contributed by atoms with Crippen LogP contribution in [0.25, 0.3) is 0 Å². The van der Waals surface area contributed by atoms with Gasteiger partial charge < -0.3 is 19.3 Å². The maximum atomic E-state index is 12.9. The fourth-order valence-electron chi connectivity index (χ4n) is 3.27. The largest absolute Gasteiger partial charge is 0.466 e. The number of hydrogen-bond donors (Lipinski definition) is 1. The van der Waals surface area contributed by atoms with Gasteiger partial charge in [0.25, 0.3) is 5.91 Å². The number of carbonyl (C=O) groups excluding carboxylic acids is 1. The van der Waals surface area contributed by atoms with Gasteiger partial charge in [-0.25, -0.2) is 0 Å². The van der Waals surface area contributed by atoms with Crippen LogP contribution in [0.4, 0.5) is 0 Å². The van der Waals surface area contributed by atoms with Crippen molar-refractivity contribution in [2.24, 2.45) is 0 Å². The number of amides is 1. The molecule has 0 aliphatic carbocycles. The first-order chi connectivity index (χ1) is 11.8. The van der Waals surface area contributed by atoms with E-state index in [4.69, 9.17) is 4.42 Å². The van der Waals surface area contributed by atoms with E-state index in [1.165, 1.54) is 0 Å². The fourth-order valence-corrected chi connectivity index (χ4v) is 3.27. The van der Waals surface area contributed by atoms with Crippen molar-refractivity contribution in [1.82, 2.24) is 19.6 Å². The zero-order valence-electron chi connectivity index (χ0n) is 15.3. The molecule has 1 amide bonds. The van der Waals surface area contributed by atoms with Gasteiger partial charge in [0.2, 0.25) is 0 Å². The summed E-state index contributed by atoms with van der Waals surface area (Å²) in [4.78, 5) is 16.6. The Morgan fingerprint density at radius 2 is 2.12 bits per heavy atom. The number of aliphatic hydroxyl groups is 1. The summed E-state index contributed by atoms with van der Waals surface area (Å²) in [6.07, 6.45) is 0.205. The smallest absolute Gasteiger partial charge is 0.257 e. The molecule has 25 heavy (non-hydrogen) atoms. The number of likely N-dealkylation sites (N-methyl/N-ethyl adjacent to an activating group) is 1. The molecule has 2 aromatic heterocycles. The molecule has 0 unspecified atom stereocenters. The van der Waals surface area contributed by atoms with Gasteiger partial charge in [-0.1, -0.05) is 0 Å². The van der Waals surface area contributed by atoms with Crippen LogP contribution in [0.15, 0.2) is 16.5 Å². The van der Waals surface area contributed by atoms with Crippen molar-refractivity contribution in [2.75, 3.05) is 27.2 Å². The van der Waals surface area contributed by atoms with E-state index in [1.54, 1.807) is 6.07 Å². The zero-order chi connectivity index (χ0) is 18.1. The lowest BCUT2D eigenvalue weighted by molar-refractivity contribution is 0.0744. The van der Waals surface area contributed by atoms with Gasteiger partial charge in [0.15, 0.2) is 0 Å². The molecule has 2 aromatic rings.